The van der Waals surface area contributed by atoms with Gasteiger partial charge in [-0.05, 0) is 23.6 Å². The van der Waals surface area contributed by atoms with Gasteiger partial charge in [0.2, 0.25) is 5.91 Å². The van der Waals surface area contributed by atoms with Gasteiger partial charge in [0.1, 0.15) is 12.6 Å². The molecule has 0 spiro atoms. The Morgan fingerprint density at radius 3 is 2.10 bits per heavy atom. The Balaban J connectivity index is 1.55. The van der Waals surface area contributed by atoms with E-state index >= 15 is 0 Å². The number of nitrogens with zero attached hydrogens (tertiary/aromatic N) is 2. The summed E-state index contributed by atoms with van der Waals surface area (Å²) in [5.74, 6) is -0.0602. The second kappa shape index (κ2) is 7.58. The van der Waals surface area contributed by atoms with Crippen molar-refractivity contribution in [2.45, 2.75) is 31.1 Å². The summed E-state index contributed by atoms with van der Waals surface area (Å²) in [5, 5.41) is 0. The molecular formula is C26H24N2O3. The van der Waals surface area contributed by atoms with Crippen molar-refractivity contribution in [2.24, 2.45) is 0 Å². The summed E-state index contributed by atoms with van der Waals surface area (Å²) in [4.78, 5) is 29.9. The Morgan fingerprint density at radius 1 is 0.871 bits per heavy atom. The van der Waals surface area contributed by atoms with E-state index in [1.54, 1.807) is 4.90 Å². The molecule has 2 heterocycles. The van der Waals surface area contributed by atoms with Crippen LogP contribution in [0.2, 0.25) is 0 Å². The molecule has 2 fully saturated rings. The van der Waals surface area contributed by atoms with Crippen molar-refractivity contribution >= 4 is 12.0 Å². The van der Waals surface area contributed by atoms with Crippen LogP contribution in [0.5, 0.6) is 0 Å². The first kappa shape index (κ1) is 19.4. The number of benzene rings is 3. The molecule has 0 unspecified atom stereocenters. The number of rotatable bonds is 5. The van der Waals surface area contributed by atoms with Crippen molar-refractivity contribution in [3.05, 3.63) is 108 Å². The zero-order valence-electron chi connectivity index (χ0n) is 17.3. The summed E-state index contributed by atoms with van der Waals surface area (Å²) in [6.07, 6.45) is -0.436. The molecule has 0 radical (unpaired) electrons. The molecule has 2 aliphatic heterocycles. The molecule has 31 heavy (non-hydrogen) atoms. The fourth-order valence-corrected chi connectivity index (χ4v) is 4.84. The normalized spacial score (nSPS) is 25.3. The second-order valence-electron chi connectivity index (χ2n) is 8.24. The number of amides is 2. The lowest BCUT2D eigenvalue weighted by Crippen LogP contribution is -2.75. The van der Waals surface area contributed by atoms with Crippen LogP contribution in [0, 0.1) is 0 Å². The predicted octanol–water partition coefficient (Wildman–Crippen LogP) is 4.51. The standard InChI is InChI=1S/C26H24N2O3/c1-26(21-15-9-4-10-16-21)23(24(29)27(26)17-19-11-5-2-6-12-19)28-22(18-31-25(28)30)20-13-7-3-8-14-20/h2-16,22-23H,17-18H2,1H3/t22-,23-,26-/m1/s1. The molecule has 5 rings (SSSR count). The summed E-state index contributed by atoms with van der Waals surface area (Å²) in [7, 11) is 0. The lowest BCUT2D eigenvalue weighted by Gasteiger charge is -2.58. The van der Waals surface area contributed by atoms with Crippen LogP contribution in [0.1, 0.15) is 29.7 Å². The van der Waals surface area contributed by atoms with Crippen LogP contribution in [0.3, 0.4) is 0 Å². The maximum Gasteiger partial charge on any atom is 0.411 e. The molecule has 0 bridgehead atoms. The monoisotopic (exact) mass is 412 g/mol. The molecule has 0 aliphatic carbocycles. The summed E-state index contributed by atoms with van der Waals surface area (Å²) in [6, 6.07) is 28.8. The highest BCUT2D eigenvalue weighted by Crippen LogP contribution is 2.48. The summed E-state index contributed by atoms with van der Waals surface area (Å²) in [5.41, 5.74) is 2.37. The van der Waals surface area contributed by atoms with Gasteiger partial charge in [0.05, 0.1) is 11.6 Å². The molecular weight excluding hydrogens is 388 g/mol. The van der Waals surface area contributed by atoms with E-state index < -0.39 is 17.7 Å². The van der Waals surface area contributed by atoms with E-state index in [-0.39, 0.29) is 18.6 Å². The van der Waals surface area contributed by atoms with Gasteiger partial charge < -0.3 is 9.64 Å². The molecule has 3 aromatic carbocycles. The minimum Gasteiger partial charge on any atom is -0.447 e. The largest absolute Gasteiger partial charge is 0.447 e. The Kier molecular flexibility index (Phi) is 4.74. The molecule has 156 valence electrons. The third-order valence-electron chi connectivity index (χ3n) is 6.51. The maximum atomic E-state index is 13.5. The third kappa shape index (κ3) is 3.08. The predicted molar refractivity (Wildman–Crippen MR) is 117 cm³/mol. The van der Waals surface area contributed by atoms with Crippen molar-refractivity contribution in [3.63, 3.8) is 0 Å². The molecule has 5 nitrogen and oxygen atoms in total. The highest BCUT2D eigenvalue weighted by molar-refractivity contribution is 5.95. The van der Waals surface area contributed by atoms with E-state index in [0.717, 1.165) is 16.7 Å². The Morgan fingerprint density at radius 2 is 1.45 bits per heavy atom. The second-order valence-corrected chi connectivity index (χ2v) is 8.24. The molecule has 2 saturated heterocycles. The minimum absolute atomic E-state index is 0.0602. The molecule has 0 aromatic heterocycles. The average Bonchev–Trinajstić information content (AvgIpc) is 3.20. The molecule has 2 aliphatic rings. The molecule has 0 N–H and O–H groups in total. The lowest BCUT2D eigenvalue weighted by molar-refractivity contribution is -0.175. The number of likely N-dealkylation sites (tertiary alicyclic amines) is 1. The van der Waals surface area contributed by atoms with Gasteiger partial charge >= 0.3 is 6.09 Å². The van der Waals surface area contributed by atoms with Crippen molar-refractivity contribution in [3.8, 4) is 0 Å². The van der Waals surface area contributed by atoms with Crippen LogP contribution in [-0.4, -0.2) is 34.4 Å². The Labute approximate surface area is 181 Å². The molecule has 0 saturated carbocycles. The molecule has 3 atom stereocenters. The number of cyclic esters (lactones) is 1. The summed E-state index contributed by atoms with van der Waals surface area (Å²) in [6.45, 7) is 2.78. The average molecular weight is 412 g/mol. The number of ether oxygens (including phenoxy) is 1. The molecule has 3 aromatic rings. The van der Waals surface area contributed by atoms with Gasteiger partial charge in [-0.1, -0.05) is 91.0 Å². The van der Waals surface area contributed by atoms with Crippen LogP contribution in [0.25, 0.3) is 0 Å². The summed E-state index contributed by atoms with van der Waals surface area (Å²) < 4.78 is 5.44. The fraction of sp³-hybridized carbons (Fsp3) is 0.231. The zero-order chi connectivity index (χ0) is 21.4. The van der Waals surface area contributed by atoms with E-state index in [1.807, 2.05) is 103 Å². The Hall–Kier alpha value is -3.60. The quantitative estimate of drug-likeness (QED) is 0.580. The van der Waals surface area contributed by atoms with Gasteiger partial charge in [-0.2, -0.15) is 0 Å². The van der Waals surface area contributed by atoms with Gasteiger partial charge in [0, 0.05) is 6.54 Å². The number of hydrogen-bond donors (Lipinski definition) is 0. The van der Waals surface area contributed by atoms with Gasteiger partial charge in [-0.3, -0.25) is 9.69 Å². The number of carbonyl (C=O) groups excluding carboxylic acids is 2. The summed E-state index contributed by atoms with van der Waals surface area (Å²) >= 11 is 0. The first-order valence-electron chi connectivity index (χ1n) is 10.5. The van der Waals surface area contributed by atoms with E-state index in [0.29, 0.717) is 6.54 Å². The maximum absolute atomic E-state index is 13.5. The van der Waals surface area contributed by atoms with E-state index in [9.17, 15) is 9.59 Å². The number of β-lactam (4-membered cyclic amide) rings is 1. The molecule has 5 heteroatoms. The van der Waals surface area contributed by atoms with Crippen LogP contribution in [-0.2, 0) is 21.6 Å². The first-order chi connectivity index (χ1) is 15.1. The van der Waals surface area contributed by atoms with Crippen LogP contribution in [0.15, 0.2) is 91.0 Å². The lowest BCUT2D eigenvalue weighted by atomic mass is 9.73. The van der Waals surface area contributed by atoms with Crippen LogP contribution >= 0.6 is 0 Å². The van der Waals surface area contributed by atoms with Gasteiger partial charge in [0.15, 0.2) is 0 Å². The van der Waals surface area contributed by atoms with Crippen molar-refractivity contribution in [2.75, 3.05) is 6.61 Å². The van der Waals surface area contributed by atoms with Gasteiger partial charge in [-0.15, -0.1) is 0 Å². The highest BCUT2D eigenvalue weighted by Gasteiger charge is 2.63. The van der Waals surface area contributed by atoms with Crippen molar-refractivity contribution < 1.29 is 14.3 Å². The fourth-order valence-electron chi connectivity index (χ4n) is 4.84. The highest BCUT2D eigenvalue weighted by atomic mass is 16.6. The zero-order valence-corrected chi connectivity index (χ0v) is 17.3. The van der Waals surface area contributed by atoms with E-state index in [1.165, 1.54) is 0 Å². The van der Waals surface area contributed by atoms with Crippen molar-refractivity contribution in [1.29, 1.82) is 0 Å². The van der Waals surface area contributed by atoms with Crippen LogP contribution < -0.4 is 0 Å². The number of hydrogen-bond acceptors (Lipinski definition) is 3. The number of carbonyl (C=O) groups is 2. The minimum atomic E-state index is -0.662. The van der Waals surface area contributed by atoms with E-state index in [4.69, 9.17) is 4.74 Å². The smallest absolute Gasteiger partial charge is 0.411 e. The topological polar surface area (TPSA) is 49.9 Å². The Bertz CT molecular complexity index is 1090. The SMILES string of the molecule is C[C@@]1(c2ccccc2)[C@H](N2C(=O)OC[C@@H]2c2ccccc2)C(=O)N1Cc1ccccc1. The van der Waals surface area contributed by atoms with Crippen molar-refractivity contribution in [1.82, 2.24) is 9.80 Å². The van der Waals surface area contributed by atoms with Crippen LogP contribution in [0.4, 0.5) is 4.79 Å². The van der Waals surface area contributed by atoms with Gasteiger partial charge in [-0.25, -0.2) is 4.79 Å². The van der Waals surface area contributed by atoms with Gasteiger partial charge in [0.25, 0.3) is 0 Å². The third-order valence-corrected chi connectivity index (χ3v) is 6.51. The first-order valence-corrected chi connectivity index (χ1v) is 10.5. The molecule has 2 amide bonds. The van der Waals surface area contributed by atoms with E-state index in [2.05, 4.69) is 0 Å².